The van der Waals surface area contributed by atoms with Crippen molar-refractivity contribution in [3.63, 3.8) is 0 Å². The van der Waals surface area contributed by atoms with E-state index in [1.54, 1.807) is 0 Å². The Balaban J connectivity index is 1.47. The number of carbonyl (C=O) groups is 1. The molecule has 19 heavy (non-hydrogen) atoms. The molecule has 1 saturated heterocycles. The van der Waals surface area contributed by atoms with Gasteiger partial charge in [0, 0.05) is 30.1 Å². The lowest BCUT2D eigenvalue weighted by Gasteiger charge is -2.15. The molecule has 1 aromatic rings. The Morgan fingerprint density at radius 1 is 1.26 bits per heavy atom. The van der Waals surface area contributed by atoms with Crippen LogP contribution in [0, 0.1) is 0 Å². The Hall–Kier alpha value is -1.00. The van der Waals surface area contributed by atoms with E-state index in [2.05, 4.69) is 22.8 Å². The van der Waals surface area contributed by atoms with E-state index in [4.69, 9.17) is 0 Å². The molecule has 1 aliphatic carbocycles. The number of nitrogens with one attached hydrogen (secondary N) is 1. The van der Waals surface area contributed by atoms with Crippen LogP contribution in [0.4, 0.5) is 0 Å². The second kappa shape index (κ2) is 5.55. The zero-order chi connectivity index (χ0) is 13.2. The first kappa shape index (κ1) is 13.0. The summed E-state index contributed by atoms with van der Waals surface area (Å²) in [4.78, 5) is 15.4. The van der Waals surface area contributed by atoms with Crippen molar-refractivity contribution < 1.29 is 4.79 Å². The standard InChI is InChI=1S/C15H20N2OS/c18-15(9-11-1-5-14(19)6-2-11)16-12-7-8-17(10-12)13-3-4-13/h1-2,5-6,12-13,19H,3-4,7-10H2,(H,16,18). The van der Waals surface area contributed by atoms with Gasteiger partial charge in [0.05, 0.1) is 6.42 Å². The van der Waals surface area contributed by atoms with Crippen LogP contribution in [0.15, 0.2) is 29.2 Å². The summed E-state index contributed by atoms with van der Waals surface area (Å²) in [5, 5.41) is 3.15. The number of likely N-dealkylation sites (tertiary alicyclic amines) is 1. The second-order valence-electron chi connectivity index (χ2n) is 5.62. The van der Waals surface area contributed by atoms with Crippen molar-refractivity contribution in [2.45, 2.75) is 42.7 Å². The fraction of sp³-hybridized carbons (Fsp3) is 0.533. The van der Waals surface area contributed by atoms with Crippen molar-refractivity contribution in [1.82, 2.24) is 10.2 Å². The molecule has 1 unspecified atom stereocenters. The first-order chi connectivity index (χ1) is 9.20. The van der Waals surface area contributed by atoms with Gasteiger partial charge in [-0.05, 0) is 37.0 Å². The summed E-state index contributed by atoms with van der Waals surface area (Å²) in [6.45, 7) is 2.18. The van der Waals surface area contributed by atoms with Gasteiger partial charge in [0.1, 0.15) is 0 Å². The first-order valence-corrected chi connectivity index (χ1v) is 7.47. The maximum Gasteiger partial charge on any atom is 0.224 e. The molecule has 1 heterocycles. The highest BCUT2D eigenvalue weighted by Gasteiger charge is 2.34. The zero-order valence-corrected chi connectivity index (χ0v) is 11.9. The van der Waals surface area contributed by atoms with Gasteiger partial charge in [-0.2, -0.15) is 0 Å². The lowest BCUT2D eigenvalue weighted by molar-refractivity contribution is -0.121. The molecule has 1 amide bonds. The molecular weight excluding hydrogens is 256 g/mol. The predicted molar refractivity (Wildman–Crippen MR) is 78.5 cm³/mol. The number of amides is 1. The lowest BCUT2D eigenvalue weighted by atomic mass is 10.1. The second-order valence-corrected chi connectivity index (χ2v) is 6.14. The molecule has 0 spiro atoms. The lowest BCUT2D eigenvalue weighted by Crippen LogP contribution is -2.38. The summed E-state index contributed by atoms with van der Waals surface area (Å²) >= 11 is 4.25. The molecule has 2 fully saturated rings. The molecule has 102 valence electrons. The van der Waals surface area contributed by atoms with E-state index in [1.807, 2.05) is 24.3 Å². The summed E-state index contributed by atoms with van der Waals surface area (Å²) in [6.07, 6.45) is 4.25. The van der Waals surface area contributed by atoms with Crippen LogP contribution in [0.5, 0.6) is 0 Å². The van der Waals surface area contributed by atoms with Crippen LogP contribution < -0.4 is 5.32 Å². The van der Waals surface area contributed by atoms with Crippen LogP contribution in [-0.2, 0) is 11.2 Å². The first-order valence-electron chi connectivity index (χ1n) is 7.02. The Bertz CT molecular complexity index is 456. The largest absolute Gasteiger partial charge is 0.352 e. The molecule has 3 rings (SSSR count). The van der Waals surface area contributed by atoms with E-state index in [0.717, 1.165) is 36.0 Å². The topological polar surface area (TPSA) is 32.3 Å². The Kier molecular flexibility index (Phi) is 3.80. The third kappa shape index (κ3) is 3.51. The molecule has 1 atom stereocenters. The van der Waals surface area contributed by atoms with Crippen LogP contribution in [0.2, 0.25) is 0 Å². The summed E-state index contributed by atoms with van der Waals surface area (Å²) < 4.78 is 0. The van der Waals surface area contributed by atoms with Crippen molar-refractivity contribution in [3.8, 4) is 0 Å². The number of nitrogens with zero attached hydrogens (tertiary/aromatic N) is 1. The average molecular weight is 276 g/mol. The van der Waals surface area contributed by atoms with Crippen molar-refractivity contribution in [2.75, 3.05) is 13.1 Å². The van der Waals surface area contributed by atoms with Gasteiger partial charge >= 0.3 is 0 Å². The van der Waals surface area contributed by atoms with Gasteiger partial charge in [-0.1, -0.05) is 12.1 Å². The van der Waals surface area contributed by atoms with E-state index in [1.165, 1.54) is 12.8 Å². The highest BCUT2D eigenvalue weighted by Crippen LogP contribution is 2.29. The van der Waals surface area contributed by atoms with Crippen molar-refractivity contribution in [1.29, 1.82) is 0 Å². The third-order valence-corrected chi connectivity index (χ3v) is 4.25. The maximum absolute atomic E-state index is 12.0. The SMILES string of the molecule is O=C(Cc1ccc(S)cc1)NC1CCN(C2CC2)C1. The summed E-state index contributed by atoms with van der Waals surface area (Å²) in [5.74, 6) is 0.134. The average Bonchev–Trinajstić information content (AvgIpc) is 3.14. The van der Waals surface area contributed by atoms with Crippen molar-refractivity contribution in [2.24, 2.45) is 0 Å². The Labute approximate surface area is 119 Å². The van der Waals surface area contributed by atoms with Gasteiger partial charge in [-0.15, -0.1) is 12.6 Å². The van der Waals surface area contributed by atoms with E-state index in [0.29, 0.717) is 12.5 Å². The number of benzene rings is 1. The fourth-order valence-electron chi connectivity index (χ4n) is 2.75. The van der Waals surface area contributed by atoms with Crippen LogP contribution in [0.1, 0.15) is 24.8 Å². The maximum atomic E-state index is 12.0. The minimum Gasteiger partial charge on any atom is -0.352 e. The summed E-state index contributed by atoms with van der Waals surface area (Å²) in [7, 11) is 0. The molecule has 0 bridgehead atoms. The van der Waals surface area contributed by atoms with Gasteiger partial charge in [-0.25, -0.2) is 0 Å². The third-order valence-electron chi connectivity index (χ3n) is 3.95. The van der Waals surface area contributed by atoms with Gasteiger partial charge in [0.2, 0.25) is 5.91 Å². The van der Waals surface area contributed by atoms with Crippen LogP contribution in [-0.4, -0.2) is 36.0 Å². The number of hydrogen-bond acceptors (Lipinski definition) is 3. The van der Waals surface area contributed by atoms with E-state index < -0.39 is 0 Å². The monoisotopic (exact) mass is 276 g/mol. The van der Waals surface area contributed by atoms with E-state index in [9.17, 15) is 4.79 Å². The molecular formula is C15H20N2OS. The molecule has 1 N–H and O–H groups in total. The van der Waals surface area contributed by atoms with E-state index in [-0.39, 0.29) is 5.91 Å². The molecule has 2 aliphatic rings. The molecule has 1 aliphatic heterocycles. The van der Waals surface area contributed by atoms with Crippen molar-refractivity contribution >= 4 is 18.5 Å². The van der Waals surface area contributed by atoms with Gasteiger partial charge in [-0.3, -0.25) is 9.69 Å². The highest BCUT2D eigenvalue weighted by molar-refractivity contribution is 7.80. The molecule has 3 nitrogen and oxygen atoms in total. The fourth-order valence-corrected chi connectivity index (χ4v) is 2.90. The molecule has 0 radical (unpaired) electrons. The van der Waals surface area contributed by atoms with Crippen LogP contribution in [0.25, 0.3) is 0 Å². The van der Waals surface area contributed by atoms with Crippen molar-refractivity contribution in [3.05, 3.63) is 29.8 Å². The molecule has 1 aromatic carbocycles. The minimum absolute atomic E-state index is 0.134. The quantitative estimate of drug-likeness (QED) is 0.823. The van der Waals surface area contributed by atoms with Gasteiger partial charge < -0.3 is 5.32 Å². The normalized spacial score (nSPS) is 23.5. The number of rotatable bonds is 4. The highest BCUT2D eigenvalue weighted by atomic mass is 32.1. The number of hydrogen-bond donors (Lipinski definition) is 2. The molecule has 0 aromatic heterocycles. The number of thiol groups is 1. The van der Waals surface area contributed by atoms with Crippen LogP contribution in [0.3, 0.4) is 0 Å². The summed E-state index contributed by atoms with van der Waals surface area (Å²) in [5.41, 5.74) is 1.05. The van der Waals surface area contributed by atoms with Gasteiger partial charge in [0.25, 0.3) is 0 Å². The Morgan fingerprint density at radius 3 is 2.68 bits per heavy atom. The molecule has 1 saturated carbocycles. The van der Waals surface area contributed by atoms with E-state index >= 15 is 0 Å². The minimum atomic E-state index is 0.134. The number of carbonyl (C=O) groups excluding carboxylic acids is 1. The van der Waals surface area contributed by atoms with Crippen LogP contribution >= 0.6 is 12.6 Å². The zero-order valence-electron chi connectivity index (χ0n) is 11.0. The molecule has 4 heteroatoms. The summed E-state index contributed by atoms with van der Waals surface area (Å²) in [6, 6.07) is 8.94. The Morgan fingerprint density at radius 2 is 2.00 bits per heavy atom. The predicted octanol–water partition coefficient (Wildman–Crippen LogP) is 1.87. The van der Waals surface area contributed by atoms with Gasteiger partial charge in [0.15, 0.2) is 0 Å². The smallest absolute Gasteiger partial charge is 0.224 e.